The molecule has 1 aliphatic heterocycles. The third-order valence-electron chi connectivity index (χ3n) is 3.60. The molecule has 0 bridgehead atoms. The van der Waals surface area contributed by atoms with Crippen LogP contribution in [0.1, 0.15) is 29.6 Å². The summed E-state index contributed by atoms with van der Waals surface area (Å²) < 4.78 is 0. The molecular weight excluding hydrogens is 238 g/mol. The highest BCUT2D eigenvalue weighted by Gasteiger charge is 2.37. The van der Waals surface area contributed by atoms with Crippen molar-refractivity contribution in [3.05, 3.63) is 28.8 Å². The van der Waals surface area contributed by atoms with E-state index in [2.05, 4.69) is 0 Å². The molecule has 3 nitrogen and oxygen atoms in total. The van der Waals surface area contributed by atoms with Gasteiger partial charge in [0.05, 0.1) is 11.3 Å². The van der Waals surface area contributed by atoms with E-state index in [0.29, 0.717) is 23.0 Å². The molecule has 0 saturated heterocycles. The average molecular weight is 250 g/mol. The Balaban J connectivity index is 1.95. The summed E-state index contributed by atoms with van der Waals surface area (Å²) in [4.78, 5) is 25.3. The maximum absolute atomic E-state index is 11.9. The summed E-state index contributed by atoms with van der Waals surface area (Å²) in [6.07, 6.45) is 3.54. The van der Waals surface area contributed by atoms with Gasteiger partial charge in [-0.25, -0.2) is 0 Å². The number of benzene rings is 1. The molecule has 0 radical (unpaired) electrons. The molecule has 1 amide bonds. The highest BCUT2D eigenvalue weighted by atomic mass is 35.5. The summed E-state index contributed by atoms with van der Waals surface area (Å²) in [6, 6.07) is 5.07. The number of carbonyl (C=O) groups excluding carboxylic acids is 2. The first-order valence-corrected chi connectivity index (χ1v) is 6.20. The summed E-state index contributed by atoms with van der Waals surface area (Å²) >= 11 is 5.85. The van der Waals surface area contributed by atoms with E-state index in [0.717, 1.165) is 18.5 Å². The molecule has 0 aromatic heterocycles. The Morgan fingerprint density at radius 1 is 1.29 bits per heavy atom. The van der Waals surface area contributed by atoms with Crippen molar-refractivity contribution in [1.29, 1.82) is 0 Å². The summed E-state index contributed by atoms with van der Waals surface area (Å²) in [7, 11) is 0. The second-order valence-electron chi connectivity index (χ2n) is 4.70. The van der Waals surface area contributed by atoms with E-state index in [1.54, 1.807) is 23.1 Å². The fourth-order valence-corrected chi connectivity index (χ4v) is 2.56. The molecule has 17 heavy (non-hydrogen) atoms. The Bertz CT molecular complexity index is 508. The summed E-state index contributed by atoms with van der Waals surface area (Å²) in [6.45, 7) is 0.666. The van der Waals surface area contributed by atoms with E-state index in [1.807, 2.05) is 0 Å². The molecular formula is C13H12ClNO2. The molecule has 0 spiro atoms. The predicted octanol–water partition coefficient (Wildman–Crippen LogP) is 2.67. The topological polar surface area (TPSA) is 37.4 Å². The number of halogens is 1. The van der Waals surface area contributed by atoms with Crippen LogP contribution in [0.4, 0.5) is 5.69 Å². The second-order valence-corrected chi connectivity index (χ2v) is 5.14. The van der Waals surface area contributed by atoms with Gasteiger partial charge in [-0.1, -0.05) is 18.0 Å². The van der Waals surface area contributed by atoms with E-state index in [9.17, 15) is 9.59 Å². The first-order chi connectivity index (χ1) is 8.16. The Morgan fingerprint density at radius 2 is 2.06 bits per heavy atom. The van der Waals surface area contributed by atoms with Gasteiger partial charge in [-0.05, 0) is 37.0 Å². The van der Waals surface area contributed by atoms with Gasteiger partial charge in [0.1, 0.15) is 0 Å². The van der Waals surface area contributed by atoms with E-state index in [1.165, 1.54) is 6.42 Å². The number of hydrogen-bond donors (Lipinski definition) is 0. The van der Waals surface area contributed by atoms with Crippen molar-refractivity contribution in [2.45, 2.75) is 19.3 Å². The molecule has 1 fully saturated rings. The summed E-state index contributed by atoms with van der Waals surface area (Å²) in [5, 5.41) is 0.496. The molecule has 4 heteroatoms. The molecule has 1 saturated carbocycles. The maximum atomic E-state index is 11.9. The average Bonchev–Trinajstić information content (AvgIpc) is 2.48. The van der Waals surface area contributed by atoms with Crippen molar-refractivity contribution >= 4 is 29.0 Å². The zero-order valence-corrected chi connectivity index (χ0v) is 10.0. The number of Topliss-reactive ketones (excluding diaryl/α,β-unsaturated/α-hetero) is 1. The Morgan fingerprint density at radius 3 is 2.71 bits per heavy atom. The van der Waals surface area contributed by atoms with Gasteiger partial charge in [-0.3, -0.25) is 9.59 Å². The molecule has 0 unspecified atom stereocenters. The number of amides is 1. The predicted molar refractivity (Wildman–Crippen MR) is 65.5 cm³/mol. The SMILES string of the molecule is O=C1C(=O)N(CC2CCC2)c2ccc(Cl)cc21. The van der Waals surface area contributed by atoms with Crippen molar-refractivity contribution in [3.63, 3.8) is 0 Å². The molecule has 3 rings (SSSR count). The van der Waals surface area contributed by atoms with Gasteiger partial charge in [-0.15, -0.1) is 0 Å². The van der Waals surface area contributed by atoms with Crippen LogP contribution >= 0.6 is 11.6 Å². The molecule has 1 aliphatic carbocycles. The Kier molecular flexibility index (Phi) is 2.44. The van der Waals surface area contributed by atoms with Gasteiger partial charge >= 0.3 is 0 Å². The molecule has 1 aromatic rings. The lowest BCUT2D eigenvalue weighted by molar-refractivity contribution is -0.114. The van der Waals surface area contributed by atoms with E-state index < -0.39 is 11.7 Å². The van der Waals surface area contributed by atoms with Crippen LogP contribution in [0.3, 0.4) is 0 Å². The molecule has 1 heterocycles. The van der Waals surface area contributed by atoms with Crippen molar-refractivity contribution in [2.75, 3.05) is 11.4 Å². The molecule has 2 aliphatic rings. The minimum atomic E-state index is -0.429. The smallest absolute Gasteiger partial charge is 0.299 e. The molecule has 0 N–H and O–H groups in total. The van der Waals surface area contributed by atoms with Gasteiger partial charge < -0.3 is 4.90 Å². The lowest BCUT2D eigenvalue weighted by Gasteiger charge is -2.29. The van der Waals surface area contributed by atoms with Gasteiger partial charge in [0.25, 0.3) is 11.7 Å². The minimum absolute atomic E-state index is 0.408. The van der Waals surface area contributed by atoms with Crippen LogP contribution < -0.4 is 4.90 Å². The molecule has 0 atom stereocenters. The fourth-order valence-electron chi connectivity index (χ4n) is 2.39. The quantitative estimate of drug-likeness (QED) is 0.756. The zero-order valence-electron chi connectivity index (χ0n) is 9.28. The monoisotopic (exact) mass is 249 g/mol. The van der Waals surface area contributed by atoms with Crippen molar-refractivity contribution in [3.8, 4) is 0 Å². The van der Waals surface area contributed by atoms with E-state index >= 15 is 0 Å². The van der Waals surface area contributed by atoms with Gasteiger partial charge in [0, 0.05) is 11.6 Å². The van der Waals surface area contributed by atoms with Gasteiger partial charge in [0.2, 0.25) is 0 Å². The number of anilines is 1. The molecule has 1 aromatic carbocycles. The van der Waals surface area contributed by atoms with E-state index in [-0.39, 0.29) is 0 Å². The van der Waals surface area contributed by atoms with Crippen LogP contribution in [0.25, 0.3) is 0 Å². The van der Waals surface area contributed by atoms with Crippen LogP contribution in [-0.4, -0.2) is 18.2 Å². The minimum Gasteiger partial charge on any atom is -0.304 e. The number of ketones is 1. The summed E-state index contributed by atoms with van der Waals surface area (Å²) in [5.41, 5.74) is 1.16. The Labute approximate surface area is 104 Å². The number of rotatable bonds is 2. The van der Waals surface area contributed by atoms with Gasteiger partial charge in [-0.2, -0.15) is 0 Å². The third-order valence-corrected chi connectivity index (χ3v) is 3.83. The van der Waals surface area contributed by atoms with E-state index in [4.69, 9.17) is 11.6 Å². The first-order valence-electron chi connectivity index (χ1n) is 5.82. The highest BCUT2D eigenvalue weighted by molar-refractivity contribution is 6.52. The van der Waals surface area contributed by atoms with Crippen LogP contribution in [0.2, 0.25) is 5.02 Å². The largest absolute Gasteiger partial charge is 0.304 e. The van der Waals surface area contributed by atoms with Crippen molar-refractivity contribution in [2.24, 2.45) is 5.92 Å². The standard InChI is InChI=1S/C13H12ClNO2/c14-9-4-5-11-10(6-9)12(16)13(17)15(11)7-8-2-1-3-8/h4-6,8H,1-3,7H2. The first kappa shape index (κ1) is 10.8. The van der Waals surface area contributed by atoms with Gasteiger partial charge in [0.15, 0.2) is 0 Å². The van der Waals surface area contributed by atoms with Crippen LogP contribution in [-0.2, 0) is 4.79 Å². The van der Waals surface area contributed by atoms with Crippen molar-refractivity contribution < 1.29 is 9.59 Å². The lowest BCUT2D eigenvalue weighted by atomic mass is 9.85. The highest BCUT2D eigenvalue weighted by Crippen LogP contribution is 2.35. The fraction of sp³-hybridized carbons (Fsp3) is 0.385. The van der Waals surface area contributed by atoms with Crippen LogP contribution in [0.5, 0.6) is 0 Å². The number of fused-ring (bicyclic) bond motifs is 1. The molecule has 88 valence electrons. The van der Waals surface area contributed by atoms with Crippen LogP contribution in [0, 0.1) is 5.92 Å². The van der Waals surface area contributed by atoms with Crippen LogP contribution in [0.15, 0.2) is 18.2 Å². The second kappa shape index (κ2) is 3.84. The number of nitrogens with zero attached hydrogens (tertiary/aromatic N) is 1. The third kappa shape index (κ3) is 1.65. The van der Waals surface area contributed by atoms with Crippen molar-refractivity contribution in [1.82, 2.24) is 0 Å². The normalized spacial score (nSPS) is 19.5. The number of hydrogen-bond acceptors (Lipinski definition) is 2. The summed E-state index contributed by atoms with van der Waals surface area (Å²) in [5.74, 6) is -0.288. The Hall–Kier alpha value is -1.35. The lowest BCUT2D eigenvalue weighted by Crippen LogP contribution is -2.36. The zero-order chi connectivity index (χ0) is 12.0. The maximum Gasteiger partial charge on any atom is 0.299 e. The number of carbonyl (C=O) groups is 2.